The Kier molecular flexibility index (Phi) is 2.50. The topological polar surface area (TPSA) is 38.1 Å². The number of rotatable bonds is 2. The number of aromatic nitrogens is 2. The molecule has 4 heteroatoms. The predicted octanol–water partition coefficient (Wildman–Crippen LogP) is 1.40. The molecule has 1 aliphatic heterocycles. The molecule has 2 heterocycles. The lowest BCUT2D eigenvalue weighted by Gasteiger charge is -2.17. The van der Waals surface area contributed by atoms with Crippen LogP contribution in [-0.2, 0) is 24.4 Å². The second-order valence-corrected chi connectivity index (χ2v) is 4.31. The van der Waals surface area contributed by atoms with Gasteiger partial charge in [-0.2, -0.15) is 5.10 Å². The lowest BCUT2D eigenvalue weighted by Crippen LogP contribution is -2.29. The van der Waals surface area contributed by atoms with Crippen molar-refractivity contribution in [2.24, 2.45) is 5.92 Å². The summed E-state index contributed by atoms with van der Waals surface area (Å²) < 4.78 is 1.93. The van der Waals surface area contributed by atoms with E-state index in [4.69, 9.17) is 0 Å². The average molecular weight is 207 g/mol. The number of fused-ring (bicyclic) bond motifs is 1. The summed E-state index contributed by atoms with van der Waals surface area (Å²) in [7, 11) is 0. The molecule has 0 unspecified atom stereocenters. The summed E-state index contributed by atoms with van der Waals surface area (Å²) in [5.41, 5.74) is 2.26. The first-order chi connectivity index (χ1) is 7.11. The van der Waals surface area contributed by atoms with Crippen LogP contribution in [0.2, 0.25) is 0 Å². The molecular formula is C11H17N3O. The second kappa shape index (κ2) is 3.68. The quantitative estimate of drug-likeness (QED) is 0.735. The molecule has 0 saturated carbocycles. The molecule has 0 spiro atoms. The van der Waals surface area contributed by atoms with Crippen LogP contribution in [0.15, 0.2) is 6.20 Å². The first kappa shape index (κ1) is 10.2. The number of hydrogen-bond donors (Lipinski definition) is 0. The fourth-order valence-corrected chi connectivity index (χ4v) is 1.89. The molecule has 0 bridgehead atoms. The van der Waals surface area contributed by atoms with E-state index in [1.807, 2.05) is 29.6 Å². The molecule has 0 saturated heterocycles. The lowest BCUT2D eigenvalue weighted by molar-refractivity contribution is -0.135. The van der Waals surface area contributed by atoms with Crippen molar-refractivity contribution in [1.82, 2.24) is 14.7 Å². The number of nitrogens with zero attached hydrogens (tertiary/aromatic N) is 3. The maximum absolute atomic E-state index is 11.8. The van der Waals surface area contributed by atoms with Gasteiger partial charge in [-0.3, -0.25) is 9.48 Å². The number of carbonyl (C=O) groups excluding carboxylic acids is 1. The molecule has 4 nitrogen and oxygen atoms in total. The van der Waals surface area contributed by atoms with Crippen LogP contribution in [0.4, 0.5) is 0 Å². The zero-order chi connectivity index (χ0) is 11.0. The zero-order valence-corrected chi connectivity index (χ0v) is 9.53. The summed E-state index contributed by atoms with van der Waals surface area (Å²) in [6.45, 7) is 8.24. The first-order valence-corrected chi connectivity index (χ1v) is 5.45. The molecule has 0 radical (unpaired) electrons. The van der Waals surface area contributed by atoms with E-state index in [-0.39, 0.29) is 11.8 Å². The Morgan fingerprint density at radius 2 is 2.27 bits per heavy atom. The maximum atomic E-state index is 11.8. The molecule has 1 aromatic rings. The number of amides is 1. The minimum Gasteiger partial charge on any atom is -0.332 e. The van der Waals surface area contributed by atoms with E-state index in [2.05, 4.69) is 12.0 Å². The van der Waals surface area contributed by atoms with Gasteiger partial charge >= 0.3 is 0 Å². The highest BCUT2D eigenvalue weighted by atomic mass is 16.2. The summed E-state index contributed by atoms with van der Waals surface area (Å²) in [5.74, 6) is 0.295. The normalized spacial score (nSPS) is 14.8. The van der Waals surface area contributed by atoms with Crippen molar-refractivity contribution in [1.29, 1.82) is 0 Å². The molecule has 0 fully saturated rings. The number of hydrogen-bond acceptors (Lipinski definition) is 2. The van der Waals surface area contributed by atoms with Crippen LogP contribution in [0.25, 0.3) is 0 Å². The van der Waals surface area contributed by atoms with Gasteiger partial charge in [-0.1, -0.05) is 13.8 Å². The van der Waals surface area contributed by atoms with Crippen molar-refractivity contribution >= 4 is 5.91 Å². The minimum atomic E-state index is 0.0762. The molecule has 1 aromatic heterocycles. The maximum Gasteiger partial charge on any atom is 0.225 e. The average Bonchev–Trinajstić information content (AvgIpc) is 2.72. The van der Waals surface area contributed by atoms with Crippen LogP contribution in [-0.4, -0.2) is 20.6 Å². The van der Waals surface area contributed by atoms with Crippen molar-refractivity contribution in [2.45, 2.75) is 40.4 Å². The molecule has 0 atom stereocenters. The molecular weight excluding hydrogens is 190 g/mol. The highest BCUT2D eigenvalue weighted by Gasteiger charge is 2.27. The van der Waals surface area contributed by atoms with Gasteiger partial charge in [-0.25, -0.2) is 0 Å². The van der Waals surface area contributed by atoms with E-state index in [1.165, 1.54) is 5.56 Å². The molecule has 0 aliphatic carbocycles. The Bertz CT molecular complexity index is 358. The molecule has 0 N–H and O–H groups in total. The highest BCUT2D eigenvalue weighted by molar-refractivity contribution is 5.78. The van der Waals surface area contributed by atoms with E-state index >= 15 is 0 Å². The molecule has 15 heavy (non-hydrogen) atoms. The summed E-state index contributed by atoms with van der Waals surface area (Å²) in [4.78, 5) is 13.6. The largest absolute Gasteiger partial charge is 0.332 e. The SMILES string of the molecule is CCn1cc2c(n1)CN(C(=O)C(C)C)C2. The van der Waals surface area contributed by atoms with Crippen molar-refractivity contribution in [3.05, 3.63) is 17.5 Å². The Morgan fingerprint density at radius 1 is 1.53 bits per heavy atom. The van der Waals surface area contributed by atoms with E-state index in [0.29, 0.717) is 6.54 Å². The standard InChI is InChI=1S/C11H17N3O/c1-4-14-6-9-5-13(7-10(9)12-14)11(15)8(2)3/h6,8H,4-5,7H2,1-3H3. The van der Waals surface area contributed by atoms with Crippen LogP contribution in [0, 0.1) is 5.92 Å². The molecule has 2 rings (SSSR count). The van der Waals surface area contributed by atoms with Gasteiger partial charge in [0.05, 0.1) is 12.2 Å². The minimum absolute atomic E-state index is 0.0762. The van der Waals surface area contributed by atoms with Crippen LogP contribution < -0.4 is 0 Å². The molecule has 82 valence electrons. The Balaban J connectivity index is 2.10. The third kappa shape index (κ3) is 1.76. The van der Waals surface area contributed by atoms with E-state index in [1.54, 1.807) is 0 Å². The first-order valence-electron chi connectivity index (χ1n) is 5.45. The second-order valence-electron chi connectivity index (χ2n) is 4.31. The van der Waals surface area contributed by atoms with Gasteiger partial charge in [0.1, 0.15) is 0 Å². The van der Waals surface area contributed by atoms with Gasteiger partial charge in [0.25, 0.3) is 0 Å². The predicted molar refractivity (Wildman–Crippen MR) is 57.0 cm³/mol. The van der Waals surface area contributed by atoms with Gasteiger partial charge in [0.2, 0.25) is 5.91 Å². The molecule has 0 aromatic carbocycles. The number of carbonyl (C=O) groups is 1. The fourth-order valence-electron chi connectivity index (χ4n) is 1.89. The van der Waals surface area contributed by atoms with Gasteiger partial charge in [0.15, 0.2) is 0 Å². The van der Waals surface area contributed by atoms with Gasteiger partial charge in [-0.05, 0) is 6.92 Å². The van der Waals surface area contributed by atoms with Crippen molar-refractivity contribution in [3.8, 4) is 0 Å². The third-order valence-electron chi connectivity index (χ3n) is 2.76. The zero-order valence-electron chi connectivity index (χ0n) is 9.53. The van der Waals surface area contributed by atoms with Crippen molar-refractivity contribution in [2.75, 3.05) is 0 Å². The number of aryl methyl sites for hydroxylation is 1. The van der Waals surface area contributed by atoms with Gasteiger partial charge in [-0.15, -0.1) is 0 Å². The highest BCUT2D eigenvalue weighted by Crippen LogP contribution is 2.22. The van der Waals surface area contributed by atoms with Crippen molar-refractivity contribution < 1.29 is 4.79 Å². The Morgan fingerprint density at radius 3 is 2.80 bits per heavy atom. The summed E-state index contributed by atoms with van der Waals surface area (Å²) in [5, 5.41) is 4.42. The van der Waals surface area contributed by atoms with E-state index in [9.17, 15) is 4.79 Å². The van der Waals surface area contributed by atoms with Crippen LogP contribution in [0.3, 0.4) is 0 Å². The Labute approximate surface area is 89.9 Å². The van der Waals surface area contributed by atoms with Gasteiger partial charge < -0.3 is 4.90 Å². The lowest BCUT2D eigenvalue weighted by atomic mass is 10.2. The third-order valence-corrected chi connectivity index (χ3v) is 2.76. The molecule has 1 aliphatic rings. The van der Waals surface area contributed by atoms with E-state index < -0.39 is 0 Å². The summed E-state index contributed by atoms with van der Waals surface area (Å²) in [6, 6.07) is 0. The fraction of sp³-hybridized carbons (Fsp3) is 0.636. The molecule has 1 amide bonds. The Hall–Kier alpha value is -1.32. The smallest absolute Gasteiger partial charge is 0.225 e. The summed E-state index contributed by atoms with van der Waals surface area (Å²) >= 11 is 0. The van der Waals surface area contributed by atoms with Gasteiger partial charge in [0, 0.05) is 30.8 Å². The van der Waals surface area contributed by atoms with Crippen LogP contribution in [0.1, 0.15) is 32.0 Å². The summed E-state index contributed by atoms with van der Waals surface area (Å²) in [6.07, 6.45) is 2.04. The monoisotopic (exact) mass is 207 g/mol. The van der Waals surface area contributed by atoms with Crippen molar-refractivity contribution in [3.63, 3.8) is 0 Å². The van der Waals surface area contributed by atoms with E-state index in [0.717, 1.165) is 18.8 Å². The van der Waals surface area contributed by atoms with Crippen LogP contribution in [0.5, 0.6) is 0 Å². The van der Waals surface area contributed by atoms with Crippen LogP contribution >= 0.6 is 0 Å².